The molecule has 0 spiro atoms. The van der Waals surface area contributed by atoms with Gasteiger partial charge in [-0.15, -0.1) is 0 Å². The van der Waals surface area contributed by atoms with Gasteiger partial charge in [0, 0.05) is 6.54 Å². The highest BCUT2D eigenvalue weighted by molar-refractivity contribution is 7.89. The third kappa shape index (κ3) is 3.71. The number of hydrogen-bond acceptors (Lipinski definition) is 4. The first kappa shape index (κ1) is 14.5. The van der Waals surface area contributed by atoms with Crippen LogP contribution >= 0.6 is 0 Å². The molecule has 7 heteroatoms. The number of para-hydroxylation sites is 1. The standard InChI is InChI=1S/C11H16N2O4S/c1-2-8(11(14)15)7-13-9-5-3-4-6-10(9)18(12,16)17/h3-6,8,13H,2,7H2,1H3,(H,14,15)(H2,12,16,17). The predicted octanol–water partition coefficient (Wildman–Crippen LogP) is 0.857. The zero-order chi connectivity index (χ0) is 13.8. The van der Waals surface area contributed by atoms with Gasteiger partial charge in [-0.3, -0.25) is 4.79 Å². The molecule has 4 N–H and O–H groups in total. The van der Waals surface area contributed by atoms with Crippen LogP contribution in [-0.4, -0.2) is 26.0 Å². The molecule has 0 amide bonds. The number of rotatable bonds is 6. The molecule has 0 aliphatic rings. The number of aliphatic carboxylic acids is 1. The van der Waals surface area contributed by atoms with Gasteiger partial charge >= 0.3 is 5.97 Å². The van der Waals surface area contributed by atoms with E-state index in [-0.39, 0.29) is 11.4 Å². The van der Waals surface area contributed by atoms with Crippen LogP contribution < -0.4 is 10.5 Å². The summed E-state index contributed by atoms with van der Waals surface area (Å²) in [7, 11) is -3.82. The highest BCUT2D eigenvalue weighted by Gasteiger charge is 2.17. The summed E-state index contributed by atoms with van der Waals surface area (Å²) in [4.78, 5) is 10.8. The van der Waals surface area contributed by atoms with Crippen LogP contribution in [0.1, 0.15) is 13.3 Å². The lowest BCUT2D eigenvalue weighted by Gasteiger charge is -2.14. The lowest BCUT2D eigenvalue weighted by molar-refractivity contribution is -0.141. The average Bonchev–Trinajstić information content (AvgIpc) is 2.28. The van der Waals surface area contributed by atoms with Crippen LogP contribution in [0.2, 0.25) is 0 Å². The smallest absolute Gasteiger partial charge is 0.308 e. The Morgan fingerprint density at radius 2 is 2.06 bits per heavy atom. The Balaban J connectivity index is 2.89. The van der Waals surface area contributed by atoms with E-state index in [4.69, 9.17) is 10.2 Å². The van der Waals surface area contributed by atoms with Crippen molar-refractivity contribution >= 4 is 21.7 Å². The van der Waals surface area contributed by atoms with Crippen LogP contribution in [0.4, 0.5) is 5.69 Å². The molecule has 1 aromatic carbocycles. The van der Waals surface area contributed by atoms with Crippen LogP contribution in [0.3, 0.4) is 0 Å². The van der Waals surface area contributed by atoms with E-state index >= 15 is 0 Å². The van der Waals surface area contributed by atoms with E-state index in [1.807, 2.05) is 0 Å². The van der Waals surface area contributed by atoms with Gasteiger partial charge in [-0.2, -0.15) is 0 Å². The Labute approximate surface area is 106 Å². The fourth-order valence-electron chi connectivity index (χ4n) is 1.50. The van der Waals surface area contributed by atoms with Gasteiger partial charge in [-0.25, -0.2) is 13.6 Å². The van der Waals surface area contributed by atoms with Crippen molar-refractivity contribution in [3.05, 3.63) is 24.3 Å². The van der Waals surface area contributed by atoms with Crippen molar-refractivity contribution in [1.82, 2.24) is 0 Å². The van der Waals surface area contributed by atoms with Gasteiger partial charge in [0.25, 0.3) is 0 Å². The van der Waals surface area contributed by atoms with Gasteiger partial charge in [0.1, 0.15) is 4.90 Å². The highest BCUT2D eigenvalue weighted by Crippen LogP contribution is 2.19. The maximum Gasteiger partial charge on any atom is 0.308 e. The zero-order valence-electron chi connectivity index (χ0n) is 9.96. The highest BCUT2D eigenvalue weighted by atomic mass is 32.2. The SMILES string of the molecule is CCC(CNc1ccccc1S(N)(=O)=O)C(=O)O. The van der Waals surface area contributed by atoms with Crippen molar-refractivity contribution in [1.29, 1.82) is 0 Å². The summed E-state index contributed by atoms with van der Waals surface area (Å²) in [6, 6.07) is 6.13. The summed E-state index contributed by atoms with van der Waals surface area (Å²) in [5.74, 6) is -1.49. The van der Waals surface area contributed by atoms with Gasteiger partial charge < -0.3 is 10.4 Å². The minimum atomic E-state index is -3.82. The third-order valence-corrected chi connectivity index (χ3v) is 3.54. The van der Waals surface area contributed by atoms with Gasteiger partial charge in [0.2, 0.25) is 10.0 Å². The monoisotopic (exact) mass is 272 g/mol. The zero-order valence-corrected chi connectivity index (χ0v) is 10.8. The molecular weight excluding hydrogens is 256 g/mol. The molecule has 0 fully saturated rings. The first-order valence-electron chi connectivity index (χ1n) is 5.44. The van der Waals surface area contributed by atoms with Crippen molar-refractivity contribution in [2.24, 2.45) is 11.1 Å². The Kier molecular flexibility index (Phi) is 4.69. The number of hydrogen-bond donors (Lipinski definition) is 3. The molecule has 0 bridgehead atoms. The molecule has 6 nitrogen and oxygen atoms in total. The second-order valence-corrected chi connectivity index (χ2v) is 5.40. The van der Waals surface area contributed by atoms with E-state index in [2.05, 4.69) is 5.32 Å². The number of anilines is 1. The van der Waals surface area contributed by atoms with Gasteiger partial charge in [-0.1, -0.05) is 19.1 Å². The van der Waals surface area contributed by atoms with Crippen LogP contribution in [0.15, 0.2) is 29.2 Å². The van der Waals surface area contributed by atoms with Gasteiger partial charge in [-0.05, 0) is 18.6 Å². The molecule has 18 heavy (non-hydrogen) atoms. The Morgan fingerprint density at radius 1 is 1.44 bits per heavy atom. The number of primary sulfonamides is 1. The van der Waals surface area contributed by atoms with E-state index in [0.29, 0.717) is 12.1 Å². The molecular formula is C11H16N2O4S. The average molecular weight is 272 g/mol. The molecule has 0 heterocycles. The molecule has 1 aromatic rings. The summed E-state index contributed by atoms with van der Waals surface area (Å²) >= 11 is 0. The van der Waals surface area contributed by atoms with E-state index < -0.39 is 21.9 Å². The lowest BCUT2D eigenvalue weighted by Crippen LogP contribution is -2.23. The number of sulfonamides is 1. The Hall–Kier alpha value is -1.60. The normalized spacial score (nSPS) is 13.0. The minimum absolute atomic E-state index is 0.0368. The van der Waals surface area contributed by atoms with E-state index in [1.54, 1.807) is 25.1 Å². The summed E-state index contributed by atoms with van der Waals surface area (Å²) in [5, 5.41) is 16.8. The largest absolute Gasteiger partial charge is 0.481 e. The Bertz CT molecular complexity index is 528. The minimum Gasteiger partial charge on any atom is -0.481 e. The van der Waals surface area contributed by atoms with Crippen LogP contribution in [-0.2, 0) is 14.8 Å². The first-order chi connectivity index (χ1) is 8.36. The number of carboxylic acids is 1. The maximum absolute atomic E-state index is 11.3. The van der Waals surface area contributed by atoms with Crippen molar-refractivity contribution in [3.63, 3.8) is 0 Å². The lowest BCUT2D eigenvalue weighted by atomic mass is 10.1. The molecule has 0 saturated carbocycles. The predicted molar refractivity (Wildman–Crippen MR) is 67.7 cm³/mol. The molecule has 0 saturated heterocycles. The number of benzene rings is 1. The Morgan fingerprint density at radius 3 is 2.56 bits per heavy atom. The topological polar surface area (TPSA) is 109 Å². The summed E-state index contributed by atoms with van der Waals surface area (Å²) in [6.45, 7) is 1.91. The van der Waals surface area contributed by atoms with E-state index in [9.17, 15) is 13.2 Å². The summed E-state index contributed by atoms with van der Waals surface area (Å²) < 4.78 is 22.6. The quantitative estimate of drug-likeness (QED) is 0.711. The molecule has 0 radical (unpaired) electrons. The van der Waals surface area contributed by atoms with Crippen LogP contribution in [0.5, 0.6) is 0 Å². The van der Waals surface area contributed by atoms with Crippen molar-refractivity contribution in [2.45, 2.75) is 18.2 Å². The van der Waals surface area contributed by atoms with E-state index in [0.717, 1.165) is 0 Å². The second-order valence-electron chi connectivity index (χ2n) is 3.87. The molecule has 0 aliphatic carbocycles. The summed E-state index contributed by atoms with van der Waals surface area (Å²) in [5.41, 5.74) is 0.319. The molecule has 1 rings (SSSR count). The third-order valence-electron chi connectivity index (χ3n) is 2.57. The van der Waals surface area contributed by atoms with Gasteiger partial charge in [0.05, 0.1) is 11.6 Å². The summed E-state index contributed by atoms with van der Waals surface area (Å²) in [6.07, 6.45) is 0.458. The number of nitrogens with one attached hydrogen (secondary N) is 1. The first-order valence-corrected chi connectivity index (χ1v) is 6.99. The van der Waals surface area contributed by atoms with Crippen molar-refractivity contribution in [2.75, 3.05) is 11.9 Å². The van der Waals surface area contributed by atoms with Gasteiger partial charge in [0.15, 0.2) is 0 Å². The number of nitrogens with two attached hydrogens (primary N) is 1. The fourth-order valence-corrected chi connectivity index (χ4v) is 2.22. The van der Waals surface area contributed by atoms with E-state index in [1.165, 1.54) is 6.07 Å². The fraction of sp³-hybridized carbons (Fsp3) is 0.364. The second kappa shape index (κ2) is 5.83. The maximum atomic E-state index is 11.3. The van der Waals surface area contributed by atoms with Crippen molar-refractivity contribution < 1.29 is 18.3 Å². The molecule has 1 unspecified atom stereocenters. The van der Waals surface area contributed by atoms with Crippen LogP contribution in [0.25, 0.3) is 0 Å². The van der Waals surface area contributed by atoms with Crippen LogP contribution in [0, 0.1) is 5.92 Å². The number of carbonyl (C=O) groups is 1. The number of carboxylic acid groups (broad SMARTS) is 1. The van der Waals surface area contributed by atoms with Crippen molar-refractivity contribution in [3.8, 4) is 0 Å². The molecule has 100 valence electrons. The molecule has 0 aromatic heterocycles. The molecule has 1 atom stereocenters. The molecule has 0 aliphatic heterocycles.